The van der Waals surface area contributed by atoms with Crippen LogP contribution in [-0.4, -0.2) is 22.7 Å². The number of nitrogens with zero attached hydrogens (tertiary/aromatic N) is 1. The van der Waals surface area contributed by atoms with Crippen molar-refractivity contribution in [3.8, 4) is 5.75 Å². The Balaban J connectivity index is 1.78. The lowest BCUT2D eigenvalue weighted by atomic mass is 10.2. The molecule has 0 saturated heterocycles. The van der Waals surface area contributed by atoms with Crippen molar-refractivity contribution in [3.05, 3.63) is 59.1 Å². The Morgan fingerprint density at radius 2 is 2.08 bits per heavy atom. The van der Waals surface area contributed by atoms with E-state index >= 15 is 0 Å². The SMILES string of the molecule is O=C(O)CCOc1cccc(/C=C(\Cl)c2nc3ccccc3s2)c1. The normalized spacial score (nSPS) is 11.6. The van der Waals surface area contributed by atoms with Gasteiger partial charge in [0.05, 0.1) is 28.3 Å². The van der Waals surface area contributed by atoms with Crippen LogP contribution in [0.25, 0.3) is 21.3 Å². The van der Waals surface area contributed by atoms with Gasteiger partial charge in [0.2, 0.25) is 0 Å². The fraction of sp³-hybridized carbons (Fsp3) is 0.111. The highest BCUT2D eigenvalue weighted by atomic mass is 35.5. The van der Waals surface area contributed by atoms with Gasteiger partial charge in [0, 0.05) is 0 Å². The van der Waals surface area contributed by atoms with Gasteiger partial charge in [0.15, 0.2) is 0 Å². The lowest BCUT2D eigenvalue weighted by Crippen LogP contribution is -2.04. The lowest BCUT2D eigenvalue weighted by Gasteiger charge is -2.05. The number of aliphatic carboxylic acids is 1. The molecule has 6 heteroatoms. The van der Waals surface area contributed by atoms with Crippen LogP contribution in [0.15, 0.2) is 48.5 Å². The second-order valence-corrected chi connectivity index (χ2v) is 6.48. The summed E-state index contributed by atoms with van der Waals surface area (Å²) in [7, 11) is 0. The van der Waals surface area contributed by atoms with Gasteiger partial charge in [0.25, 0.3) is 0 Å². The number of aromatic nitrogens is 1. The van der Waals surface area contributed by atoms with Crippen LogP contribution in [0.4, 0.5) is 0 Å². The average molecular weight is 360 g/mol. The molecule has 0 amide bonds. The minimum Gasteiger partial charge on any atom is -0.493 e. The number of carboxylic acids is 1. The molecule has 1 N–H and O–H groups in total. The van der Waals surface area contributed by atoms with E-state index in [0.29, 0.717) is 10.8 Å². The molecule has 0 aliphatic rings. The smallest absolute Gasteiger partial charge is 0.306 e. The summed E-state index contributed by atoms with van der Waals surface area (Å²) in [4.78, 5) is 15.0. The van der Waals surface area contributed by atoms with Crippen LogP contribution in [0, 0.1) is 0 Å². The molecule has 1 heterocycles. The number of fused-ring (bicyclic) bond motifs is 1. The van der Waals surface area contributed by atoms with Gasteiger partial charge >= 0.3 is 5.97 Å². The minimum atomic E-state index is -0.884. The van der Waals surface area contributed by atoms with E-state index in [9.17, 15) is 4.79 Å². The monoisotopic (exact) mass is 359 g/mol. The topological polar surface area (TPSA) is 59.4 Å². The Morgan fingerprint density at radius 1 is 1.25 bits per heavy atom. The van der Waals surface area contributed by atoms with E-state index in [-0.39, 0.29) is 13.0 Å². The third-order valence-corrected chi connectivity index (χ3v) is 4.70. The maximum atomic E-state index is 10.5. The highest BCUT2D eigenvalue weighted by molar-refractivity contribution is 7.20. The number of ether oxygens (including phenoxy) is 1. The molecular weight excluding hydrogens is 346 g/mol. The summed E-state index contributed by atoms with van der Waals surface area (Å²) in [6.07, 6.45) is 1.79. The number of hydrogen-bond acceptors (Lipinski definition) is 4. The highest BCUT2D eigenvalue weighted by Gasteiger charge is 2.07. The van der Waals surface area contributed by atoms with Gasteiger partial charge in [-0.1, -0.05) is 35.9 Å². The van der Waals surface area contributed by atoms with E-state index < -0.39 is 5.97 Å². The first-order valence-electron chi connectivity index (χ1n) is 7.29. The Kier molecular flexibility index (Phi) is 5.13. The van der Waals surface area contributed by atoms with Crippen molar-refractivity contribution < 1.29 is 14.6 Å². The summed E-state index contributed by atoms with van der Waals surface area (Å²) < 4.78 is 6.51. The van der Waals surface area contributed by atoms with Crippen LogP contribution in [0.3, 0.4) is 0 Å². The number of thiazole rings is 1. The van der Waals surface area contributed by atoms with E-state index in [4.69, 9.17) is 21.4 Å². The molecule has 0 aliphatic carbocycles. The molecule has 0 spiro atoms. The second kappa shape index (κ2) is 7.47. The van der Waals surface area contributed by atoms with Crippen LogP contribution in [0.1, 0.15) is 17.0 Å². The summed E-state index contributed by atoms with van der Waals surface area (Å²) in [5.41, 5.74) is 1.79. The number of para-hydroxylation sites is 1. The fourth-order valence-corrected chi connectivity index (χ4v) is 3.29. The number of carboxylic acid groups (broad SMARTS) is 1. The molecule has 0 bridgehead atoms. The Hall–Kier alpha value is -2.37. The van der Waals surface area contributed by atoms with Crippen LogP contribution in [0.2, 0.25) is 0 Å². The lowest BCUT2D eigenvalue weighted by molar-refractivity contribution is -0.137. The van der Waals surface area contributed by atoms with Crippen molar-refractivity contribution in [2.45, 2.75) is 6.42 Å². The van der Waals surface area contributed by atoms with Gasteiger partial charge in [0.1, 0.15) is 10.8 Å². The molecule has 24 heavy (non-hydrogen) atoms. The van der Waals surface area contributed by atoms with Crippen LogP contribution < -0.4 is 4.74 Å². The first-order chi connectivity index (χ1) is 11.6. The van der Waals surface area contributed by atoms with Gasteiger partial charge in [-0.2, -0.15) is 0 Å². The zero-order chi connectivity index (χ0) is 16.9. The fourth-order valence-electron chi connectivity index (χ4n) is 2.13. The number of halogens is 1. The quantitative estimate of drug-likeness (QED) is 0.681. The van der Waals surface area contributed by atoms with Gasteiger partial charge in [-0.3, -0.25) is 4.79 Å². The predicted octanol–water partition coefficient (Wildman–Crippen LogP) is 4.89. The molecule has 1 aromatic heterocycles. The Morgan fingerprint density at radius 3 is 2.88 bits per heavy atom. The zero-order valence-corrected chi connectivity index (χ0v) is 14.2. The molecule has 0 fully saturated rings. The van der Waals surface area contributed by atoms with E-state index in [1.54, 1.807) is 6.07 Å². The molecule has 0 atom stereocenters. The summed E-state index contributed by atoms with van der Waals surface area (Å²) >= 11 is 7.94. The molecular formula is C18H14ClNO3S. The van der Waals surface area contributed by atoms with Gasteiger partial charge in [-0.05, 0) is 35.9 Å². The average Bonchev–Trinajstić information content (AvgIpc) is 2.99. The largest absolute Gasteiger partial charge is 0.493 e. The van der Waals surface area contributed by atoms with Crippen molar-refractivity contribution in [2.75, 3.05) is 6.61 Å². The van der Waals surface area contributed by atoms with E-state index in [0.717, 1.165) is 20.8 Å². The number of carbonyl (C=O) groups is 1. The first-order valence-corrected chi connectivity index (χ1v) is 8.49. The van der Waals surface area contributed by atoms with Crippen molar-refractivity contribution in [1.82, 2.24) is 4.98 Å². The third kappa shape index (κ3) is 4.13. The minimum absolute atomic E-state index is 0.0352. The van der Waals surface area contributed by atoms with Gasteiger partial charge in [-0.15, -0.1) is 11.3 Å². The molecule has 3 rings (SSSR count). The summed E-state index contributed by atoms with van der Waals surface area (Å²) in [5, 5.41) is 9.95. The zero-order valence-electron chi connectivity index (χ0n) is 12.6. The van der Waals surface area contributed by atoms with Crippen molar-refractivity contribution >= 4 is 50.2 Å². The third-order valence-electron chi connectivity index (χ3n) is 3.23. The van der Waals surface area contributed by atoms with Crippen molar-refractivity contribution in [2.24, 2.45) is 0 Å². The van der Waals surface area contributed by atoms with Gasteiger partial charge < -0.3 is 9.84 Å². The predicted molar refractivity (Wildman–Crippen MR) is 97.5 cm³/mol. The van der Waals surface area contributed by atoms with Crippen molar-refractivity contribution in [1.29, 1.82) is 0 Å². The molecule has 0 aliphatic heterocycles. The van der Waals surface area contributed by atoms with E-state index in [1.807, 2.05) is 48.5 Å². The van der Waals surface area contributed by atoms with Crippen molar-refractivity contribution in [3.63, 3.8) is 0 Å². The van der Waals surface area contributed by atoms with Crippen LogP contribution in [0.5, 0.6) is 5.75 Å². The van der Waals surface area contributed by atoms with Crippen LogP contribution >= 0.6 is 22.9 Å². The van der Waals surface area contributed by atoms with Crippen LogP contribution in [-0.2, 0) is 4.79 Å². The van der Waals surface area contributed by atoms with E-state index in [2.05, 4.69) is 4.98 Å². The summed E-state index contributed by atoms with van der Waals surface area (Å²) in [5.74, 6) is -0.274. The molecule has 3 aromatic rings. The van der Waals surface area contributed by atoms with E-state index in [1.165, 1.54) is 11.3 Å². The standard InChI is InChI=1S/C18H14ClNO3S/c19-14(18-20-15-6-1-2-7-16(15)24-18)11-12-4-3-5-13(10-12)23-9-8-17(21)22/h1-7,10-11H,8-9H2,(H,21,22)/b14-11-. The molecule has 4 nitrogen and oxygen atoms in total. The Bertz CT molecular complexity index is 871. The summed E-state index contributed by atoms with van der Waals surface area (Å²) in [6.45, 7) is 0.133. The second-order valence-electron chi connectivity index (χ2n) is 5.04. The molecule has 0 saturated carbocycles. The molecule has 122 valence electrons. The maximum Gasteiger partial charge on any atom is 0.306 e. The number of benzene rings is 2. The molecule has 0 radical (unpaired) electrons. The Labute approximate surface area is 148 Å². The molecule has 0 unspecified atom stereocenters. The van der Waals surface area contributed by atoms with Gasteiger partial charge in [-0.25, -0.2) is 4.98 Å². The summed E-state index contributed by atoms with van der Waals surface area (Å²) in [6, 6.07) is 15.2. The molecule has 2 aromatic carbocycles. The first kappa shape index (κ1) is 16.5. The number of hydrogen-bond donors (Lipinski definition) is 1. The number of rotatable bonds is 6. The maximum absolute atomic E-state index is 10.5. The highest BCUT2D eigenvalue weighted by Crippen LogP contribution is 2.30.